The van der Waals surface area contributed by atoms with Gasteiger partial charge >= 0.3 is 0 Å². The van der Waals surface area contributed by atoms with E-state index in [1.807, 2.05) is 37.4 Å². The second-order valence-electron chi connectivity index (χ2n) is 6.23. The maximum Gasteiger partial charge on any atom is 0.0986 e. The lowest BCUT2D eigenvalue weighted by atomic mass is 9.99. The van der Waals surface area contributed by atoms with Gasteiger partial charge in [-0.15, -0.1) is 5.92 Å². The Balaban J connectivity index is 1.73. The zero-order chi connectivity index (χ0) is 19.1. The summed E-state index contributed by atoms with van der Waals surface area (Å²) in [5.74, 6) is 6.75. The van der Waals surface area contributed by atoms with Crippen LogP contribution in [0.3, 0.4) is 0 Å². The zero-order valence-electron chi connectivity index (χ0n) is 15.2. The van der Waals surface area contributed by atoms with Crippen LogP contribution < -0.4 is 5.73 Å². The first kappa shape index (κ1) is 18.8. The molecule has 0 saturated heterocycles. The number of H-pyrrole nitrogens is 1. The maximum absolute atomic E-state index is 6.16. The molecule has 1 aromatic heterocycles. The van der Waals surface area contributed by atoms with Crippen LogP contribution in [0.2, 0.25) is 5.02 Å². The first-order chi connectivity index (χ1) is 13.1. The van der Waals surface area contributed by atoms with Gasteiger partial charge in [0.1, 0.15) is 0 Å². The summed E-state index contributed by atoms with van der Waals surface area (Å²) in [6.45, 7) is 2.37. The lowest BCUT2D eigenvalue weighted by molar-refractivity contribution is 1.04. The largest absolute Gasteiger partial charge is 0.387 e. The second kappa shape index (κ2) is 9.07. The molecule has 27 heavy (non-hydrogen) atoms. The minimum atomic E-state index is 0.537. The molecule has 0 amide bonds. The molecular formula is C22H21ClN4. The van der Waals surface area contributed by atoms with Crippen molar-refractivity contribution in [2.75, 3.05) is 0 Å². The van der Waals surface area contributed by atoms with Gasteiger partial charge in [0.15, 0.2) is 0 Å². The molecule has 0 aliphatic heterocycles. The van der Waals surface area contributed by atoms with Crippen LogP contribution in [0.25, 0.3) is 0 Å². The molecule has 4 nitrogen and oxygen atoms in total. The maximum atomic E-state index is 6.16. The Morgan fingerprint density at radius 3 is 2.67 bits per heavy atom. The monoisotopic (exact) mass is 376 g/mol. The van der Waals surface area contributed by atoms with Gasteiger partial charge in [-0.1, -0.05) is 41.8 Å². The SMILES string of the molecule is CC#Cc1cc(Cc2cnc[nH]2)ccc1CC(N)=NCc1ccc(Cl)cc1. The molecule has 0 radical (unpaired) electrons. The number of hydrogen-bond acceptors (Lipinski definition) is 2. The van der Waals surface area contributed by atoms with Crippen LogP contribution in [0.1, 0.15) is 34.9 Å². The number of nitrogens with two attached hydrogens (primary N) is 1. The van der Waals surface area contributed by atoms with E-state index in [2.05, 4.69) is 45.0 Å². The van der Waals surface area contributed by atoms with Crippen molar-refractivity contribution in [3.8, 4) is 11.8 Å². The summed E-state index contributed by atoms with van der Waals surface area (Å²) in [5, 5.41) is 0.716. The minimum absolute atomic E-state index is 0.537. The molecular weight excluding hydrogens is 356 g/mol. The predicted octanol–water partition coefficient (Wildman–Crippen LogP) is 4.13. The van der Waals surface area contributed by atoms with Crippen LogP contribution in [0.15, 0.2) is 60.0 Å². The van der Waals surface area contributed by atoms with Crippen molar-refractivity contribution in [3.05, 3.63) is 88.0 Å². The van der Waals surface area contributed by atoms with E-state index in [9.17, 15) is 0 Å². The lowest BCUT2D eigenvalue weighted by Crippen LogP contribution is -2.16. The van der Waals surface area contributed by atoms with Crippen molar-refractivity contribution in [2.24, 2.45) is 10.7 Å². The molecule has 0 saturated carbocycles. The standard InChI is InChI=1S/C22H21ClN4/c1-2-3-18-10-17(11-21-14-25-15-27-21)4-7-19(18)12-22(24)26-13-16-5-8-20(23)9-6-16/h4-10,14-15H,11-13H2,1H3,(H2,24,26)(H,25,27). The first-order valence-electron chi connectivity index (χ1n) is 8.69. The summed E-state index contributed by atoms with van der Waals surface area (Å²) in [6.07, 6.45) is 4.88. The smallest absolute Gasteiger partial charge is 0.0986 e. The van der Waals surface area contributed by atoms with Crippen LogP contribution in [-0.4, -0.2) is 15.8 Å². The van der Waals surface area contributed by atoms with E-state index in [1.54, 1.807) is 6.33 Å². The lowest BCUT2D eigenvalue weighted by Gasteiger charge is -2.08. The number of aromatic amines is 1. The molecule has 1 heterocycles. The predicted molar refractivity (Wildman–Crippen MR) is 111 cm³/mol. The molecule has 0 spiro atoms. The van der Waals surface area contributed by atoms with Crippen LogP contribution in [-0.2, 0) is 19.4 Å². The highest BCUT2D eigenvalue weighted by molar-refractivity contribution is 6.30. The normalized spacial score (nSPS) is 11.1. The topological polar surface area (TPSA) is 67.1 Å². The minimum Gasteiger partial charge on any atom is -0.387 e. The van der Waals surface area contributed by atoms with E-state index in [1.165, 1.54) is 5.56 Å². The van der Waals surface area contributed by atoms with Gasteiger partial charge in [0.05, 0.1) is 18.7 Å². The Bertz CT molecular complexity index is 977. The van der Waals surface area contributed by atoms with Gasteiger partial charge in [-0.3, -0.25) is 4.99 Å². The van der Waals surface area contributed by atoms with E-state index in [-0.39, 0.29) is 0 Å². The second-order valence-corrected chi connectivity index (χ2v) is 6.67. The summed E-state index contributed by atoms with van der Waals surface area (Å²) in [4.78, 5) is 11.7. The molecule has 0 aliphatic carbocycles. The number of hydrogen-bond donors (Lipinski definition) is 2. The average molecular weight is 377 g/mol. The highest BCUT2D eigenvalue weighted by atomic mass is 35.5. The van der Waals surface area contributed by atoms with Crippen molar-refractivity contribution >= 4 is 17.4 Å². The Kier molecular flexibility index (Phi) is 6.30. The van der Waals surface area contributed by atoms with Gasteiger partial charge in [-0.05, 0) is 41.8 Å². The fourth-order valence-electron chi connectivity index (χ4n) is 2.77. The first-order valence-corrected chi connectivity index (χ1v) is 9.07. The van der Waals surface area contributed by atoms with Crippen molar-refractivity contribution < 1.29 is 0 Å². The molecule has 5 heteroatoms. The molecule has 3 N–H and O–H groups in total. The molecule has 0 unspecified atom stereocenters. The summed E-state index contributed by atoms with van der Waals surface area (Å²) in [5.41, 5.74) is 11.5. The summed E-state index contributed by atoms with van der Waals surface area (Å²) in [7, 11) is 0. The molecule has 2 aromatic carbocycles. The van der Waals surface area contributed by atoms with E-state index in [4.69, 9.17) is 17.3 Å². The zero-order valence-corrected chi connectivity index (χ0v) is 15.9. The number of nitrogens with zero attached hydrogens (tertiary/aromatic N) is 2. The summed E-state index contributed by atoms with van der Waals surface area (Å²) >= 11 is 5.91. The number of halogens is 1. The van der Waals surface area contributed by atoms with Gasteiger partial charge in [-0.25, -0.2) is 4.98 Å². The fourth-order valence-corrected chi connectivity index (χ4v) is 2.90. The van der Waals surface area contributed by atoms with Crippen LogP contribution >= 0.6 is 11.6 Å². The van der Waals surface area contributed by atoms with Gasteiger partial charge in [-0.2, -0.15) is 0 Å². The number of aromatic nitrogens is 2. The quantitative estimate of drug-likeness (QED) is 0.386. The van der Waals surface area contributed by atoms with Crippen LogP contribution in [0.4, 0.5) is 0 Å². The fraction of sp³-hybridized carbons (Fsp3) is 0.182. The number of benzene rings is 2. The highest BCUT2D eigenvalue weighted by Gasteiger charge is 2.06. The number of rotatable bonds is 6. The van der Waals surface area contributed by atoms with E-state index >= 15 is 0 Å². The number of aliphatic imine (C=N–C) groups is 1. The molecule has 136 valence electrons. The highest BCUT2D eigenvalue weighted by Crippen LogP contribution is 2.15. The van der Waals surface area contributed by atoms with Gasteiger partial charge in [0.25, 0.3) is 0 Å². The van der Waals surface area contributed by atoms with Gasteiger partial charge < -0.3 is 10.7 Å². The molecule has 0 fully saturated rings. The van der Waals surface area contributed by atoms with Crippen LogP contribution in [0.5, 0.6) is 0 Å². The number of nitrogens with one attached hydrogen (secondary N) is 1. The third-order valence-electron chi connectivity index (χ3n) is 4.13. The Labute approximate surface area is 164 Å². The molecule has 0 aliphatic rings. The van der Waals surface area contributed by atoms with Gasteiger partial charge in [0.2, 0.25) is 0 Å². The Morgan fingerprint density at radius 1 is 1.19 bits per heavy atom. The molecule has 0 bridgehead atoms. The molecule has 3 rings (SSSR count). The number of imidazole rings is 1. The van der Waals surface area contributed by atoms with E-state index < -0.39 is 0 Å². The number of amidine groups is 1. The van der Waals surface area contributed by atoms with E-state index in [0.717, 1.165) is 28.8 Å². The summed E-state index contributed by atoms with van der Waals surface area (Å²) < 4.78 is 0. The molecule has 3 aromatic rings. The third kappa shape index (κ3) is 5.47. The third-order valence-corrected chi connectivity index (χ3v) is 4.38. The summed E-state index contributed by atoms with van der Waals surface area (Å²) in [6, 6.07) is 13.9. The van der Waals surface area contributed by atoms with Crippen molar-refractivity contribution in [1.82, 2.24) is 9.97 Å². The van der Waals surface area contributed by atoms with Gasteiger partial charge in [0, 0.05) is 35.3 Å². The average Bonchev–Trinajstić information content (AvgIpc) is 3.17. The van der Waals surface area contributed by atoms with Crippen molar-refractivity contribution in [2.45, 2.75) is 26.3 Å². The molecule has 0 atom stereocenters. The Morgan fingerprint density at radius 2 is 1.96 bits per heavy atom. The van der Waals surface area contributed by atoms with Crippen molar-refractivity contribution in [3.63, 3.8) is 0 Å². The van der Waals surface area contributed by atoms with E-state index in [0.29, 0.717) is 23.8 Å². The Hall–Kier alpha value is -3.03. The van der Waals surface area contributed by atoms with Crippen molar-refractivity contribution in [1.29, 1.82) is 0 Å². The van der Waals surface area contributed by atoms with Crippen LogP contribution in [0, 0.1) is 11.8 Å².